The van der Waals surface area contributed by atoms with Crippen molar-refractivity contribution in [1.82, 2.24) is 5.32 Å². The molecule has 0 aliphatic heterocycles. The lowest BCUT2D eigenvalue weighted by Crippen LogP contribution is -2.42. The number of amides is 1. The van der Waals surface area contributed by atoms with E-state index >= 15 is 0 Å². The summed E-state index contributed by atoms with van der Waals surface area (Å²) in [5.41, 5.74) is 2.38. The van der Waals surface area contributed by atoms with Gasteiger partial charge >= 0.3 is 0 Å². The van der Waals surface area contributed by atoms with Crippen LogP contribution >= 0.6 is 0 Å². The Morgan fingerprint density at radius 1 is 1.25 bits per heavy atom. The summed E-state index contributed by atoms with van der Waals surface area (Å²) in [6.45, 7) is 8.73. The molecule has 1 aliphatic carbocycles. The topological polar surface area (TPSA) is 50.7 Å². The van der Waals surface area contributed by atoms with Crippen LogP contribution in [0, 0.1) is 5.92 Å². The molecule has 2 atom stereocenters. The number of benzene rings is 1. The van der Waals surface area contributed by atoms with Crippen molar-refractivity contribution in [2.75, 3.05) is 6.61 Å². The first-order valence-corrected chi connectivity index (χ1v) is 8.91. The monoisotopic (exact) mass is 330 g/mol. The highest BCUT2D eigenvalue weighted by Gasteiger charge is 2.22. The van der Waals surface area contributed by atoms with Crippen molar-refractivity contribution in [1.29, 1.82) is 0 Å². The zero-order valence-corrected chi connectivity index (χ0v) is 15.3. The van der Waals surface area contributed by atoms with E-state index in [1.54, 1.807) is 6.21 Å². The zero-order chi connectivity index (χ0) is 17.6. The van der Waals surface area contributed by atoms with Gasteiger partial charge in [-0.15, -0.1) is 0 Å². The van der Waals surface area contributed by atoms with E-state index in [1.807, 2.05) is 12.1 Å². The van der Waals surface area contributed by atoms with Gasteiger partial charge < -0.3 is 10.2 Å². The van der Waals surface area contributed by atoms with Crippen LogP contribution in [0.5, 0.6) is 0 Å². The molecular weight excluding hydrogens is 300 g/mol. The number of rotatable bonds is 5. The fraction of sp³-hybridized carbons (Fsp3) is 0.600. The van der Waals surface area contributed by atoms with Gasteiger partial charge in [-0.05, 0) is 35.3 Å². The average Bonchev–Trinajstić information content (AvgIpc) is 2.53. The summed E-state index contributed by atoms with van der Waals surface area (Å²) in [6, 6.07) is 8.50. The van der Waals surface area contributed by atoms with Gasteiger partial charge in [0.05, 0.1) is 6.21 Å². The normalized spacial score (nSPS) is 21.7. The van der Waals surface area contributed by atoms with Crippen LogP contribution in [0.1, 0.15) is 64.5 Å². The molecule has 4 nitrogen and oxygen atoms in total. The Morgan fingerprint density at radius 2 is 1.92 bits per heavy atom. The Labute approximate surface area is 145 Å². The molecule has 1 aromatic rings. The first kappa shape index (κ1) is 18.5. The molecule has 24 heavy (non-hydrogen) atoms. The SMILES string of the molecule is CC1CCCCC1NC(=O)CON=Cc1ccc(C(C)(C)C)cc1. The van der Waals surface area contributed by atoms with Crippen LogP contribution < -0.4 is 5.32 Å². The lowest BCUT2D eigenvalue weighted by molar-refractivity contribution is -0.126. The van der Waals surface area contributed by atoms with Gasteiger partial charge in [-0.1, -0.05) is 70.0 Å². The van der Waals surface area contributed by atoms with Crippen LogP contribution in [-0.2, 0) is 15.0 Å². The largest absolute Gasteiger partial charge is 0.386 e. The molecule has 0 bridgehead atoms. The van der Waals surface area contributed by atoms with E-state index in [9.17, 15) is 4.79 Å². The average molecular weight is 330 g/mol. The van der Waals surface area contributed by atoms with E-state index in [1.165, 1.54) is 24.8 Å². The van der Waals surface area contributed by atoms with Crippen LogP contribution in [0.4, 0.5) is 0 Å². The highest BCUT2D eigenvalue weighted by Crippen LogP contribution is 2.23. The van der Waals surface area contributed by atoms with Gasteiger partial charge in [0.1, 0.15) is 0 Å². The van der Waals surface area contributed by atoms with Gasteiger partial charge in [0.25, 0.3) is 5.91 Å². The Bertz CT molecular complexity index is 558. The van der Waals surface area contributed by atoms with E-state index < -0.39 is 0 Å². The van der Waals surface area contributed by atoms with E-state index in [0.29, 0.717) is 5.92 Å². The van der Waals surface area contributed by atoms with Gasteiger partial charge in [-0.25, -0.2) is 0 Å². The summed E-state index contributed by atoms with van der Waals surface area (Å²) in [6.07, 6.45) is 6.36. The number of nitrogens with zero attached hydrogens (tertiary/aromatic N) is 1. The second-order valence-corrected chi connectivity index (χ2v) is 7.82. The van der Waals surface area contributed by atoms with Crippen LogP contribution in [0.3, 0.4) is 0 Å². The Balaban J connectivity index is 1.74. The van der Waals surface area contributed by atoms with Crippen molar-refractivity contribution in [2.24, 2.45) is 11.1 Å². The highest BCUT2D eigenvalue weighted by atomic mass is 16.6. The number of hydrogen-bond donors (Lipinski definition) is 1. The van der Waals surface area contributed by atoms with E-state index in [2.05, 4.69) is 50.3 Å². The quantitative estimate of drug-likeness (QED) is 0.654. The molecule has 1 fully saturated rings. The summed E-state index contributed by atoms with van der Waals surface area (Å²) >= 11 is 0. The van der Waals surface area contributed by atoms with Gasteiger partial charge in [0.15, 0.2) is 6.61 Å². The molecule has 2 rings (SSSR count). The minimum absolute atomic E-state index is 0.0280. The third-order valence-corrected chi connectivity index (χ3v) is 4.71. The molecule has 0 radical (unpaired) electrons. The summed E-state index contributed by atoms with van der Waals surface area (Å²) in [5.74, 6) is 0.460. The van der Waals surface area contributed by atoms with Gasteiger partial charge in [-0.2, -0.15) is 0 Å². The second kappa shape index (κ2) is 8.32. The van der Waals surface area contributed by atoms with Gasteiger partial charge in [0, 0.05) is 6.04 Å². The Hall–Kier alpha value is -1.84. The van der Waals surface area contributed by atoms with Crippen molar-refractivity contribution in [3.05, 3.63) is 35.4 Å². The number of oxime groups is 1. The van der Waals surface area contributed by atoms with Gasteiger partial charge in [0.2, 0.25) is 0 Å². The predicted molar refractivity (Wildman–Crippen MR) is 98.3 cm³/mol. The molecule has 1 amide bonds. The molecule has 132 valence electrons. The van der Waals surface area contributed by atoms with Crippen molar-refractivity contribution in [3.8, 4) is 0 Å². The lowest BCUT2D eigenvalue weighted by Gasteiger charge is -2.29. The first-order chi connectivity index (χ1) is 11.4. The van der Waals surface area contributed by atoms with Crippen molar-refractivity contribution >= 4 is 12.1 Å². The predicted octanol–water partition coefficient (Wildman–Crippen LogP) is 4.03. The van der Waals surface area contributed by atoms with Crippen LogP contribution in [0.25, 0.3) is 0 Å². The van der Waals surface area contributed by atoms with Crippen LogP contribution in [0.2, 0.25) is 0 Å². The minimum Gasteiger partial charge on any atom is -0.386 e. The molecule has 0 spiro atoms. The lowest BCUT2D eigenvalue weighted by atomic mass is 9.86. The maximum Gasteiger partial charge on any atom is 0.261 e. The van der Waals surface area contributed by atoms with Crippen molar-refractivity contribution in [2.45, 2.75) is 64.8 Å². The Kier molecular flexibility index (Phi) is 6.41. The fourth-order valence-electron chi connectivity index (χ4n) is 3.04. The van der Waals surface area contributed by atoms with Crippen molar-refractivity contribution in [3.63, 3.8) is 0 Å². The molecule has 2 unspecified atom stereocenters. The third kappa shape index (κ3) is 5.66. The summed E-state index contributed by atoms with van der Waals surface area (Å²) in [5, 5.41) is 6.95. The summed E-state index contributed by atoms with van der Waals surface area (Å²) in [7, 11) is 0. The van der Waals surface area contributed by atoms with Gasteiger partial charge in [-0.3, -0.25) is 4.79 Å². The van der Waals surface area contributed by atoms with Crippen LogP contribution in [-0.4, -0.2) is 24.8 Å². The first-order valence-electron chi connectivity index (χ1n) is 8.91. The highest BCUT2D eigenvalue weighted by molar-refractivity contribution is 5.80. The molecule has 1 N–H and O–H groups in total. The van der Waals surface area contributed by atoms with E-state index in [4.69, 9.17) is 4.84 Å². The minimum atomic E-state index is -0.0889. The molecule has 1 saturated carbocycles. The molecule has 1 aromatic carbocycles. The maximum absolute atomic E-state index is 11.9. The standard InChI is InChI=1S/C20H30N2O2/c1-15-7-5-6-8-18(15)22-19(23)14-24-21-13-16-9-11-17(12-10-16)20(2,3)4/h9-13,15,18H,5-8,14H2,1-4H3,(H,22,23). The third-order valence-electron chi connectivity index (χ3n) is 4.71. The molecule has 1 aliphatic rings. The number of carbonyl (C=O) groups excluding carboxylic acids is 1. The smallest absolute Gasteiger partial charge is 0.261 e. The zero-order valence-electron chi connectivity index (χ0n) is 15.3. The number of carbonyl (C=O) groups is 1. The summed E-state index contributed by atoms with van der Waals surface area (Å²) in [4.78, 5) is 17.0. The second-order valence-electron chi connectivity index (χ2n) is 7.82. The van der Waals surface area contributed by atoms with Crippen LogP contribution in [0.15, 0.2) is 29.4 Å². The molecule has 4 heteroatoms. The molecular formula is C20H30N2O2. The van der Waals surface area contributed by atoms with E-state index in [-0.39, 0.29) is 24.0 Å². The van der Waals surface area contributed by atoms with E-state index in [0.717, 1.165) is 12.0 Å². The number of nitrogens with one attached hydrogen (secondary N) is 1. The summed E-state index contributed by atoms with van der Waals surface area (Å²) < 4.78 is 0. The molecule has 0 saturated heterocycles. The molecule has 0 heterocycles. The maximum atomic E-state index is 11.9. The number of hydrogen-bond acceptors (Lipinski definition) is 3. The fourth-order valence-corrected chi connectivity index (χ4v) is 3.04. The van der Waals surface area contributed by atoms with Crippen molar-refractivity contribution < 1.29 is 9.63 Å². The Morgan fingerprint density at radius 3 is 2.54 bits per heavy atom. The molecule has 0 aromatic heterocycles.